The Kier molecular flexibility index (Phi) is 5.31. The molecule has 0 saturated heterocycles. The third-order valence-corrected chi connectivity index (χ3v) is 6.88. The van der Waals surface area contributed by atoms with Crippen LogP contribution < -0.4 is 0 Å². The maximum absolute atomic E-state index is 13.2. The predicted molar refractivity (Wildman–Crippen MR) is 108 cm³/mol. The second-order valence-electron chi connectivity index (χ2n) is 7.59. The first kappa shape index (κ1) is 18.9. The summed E-state index contributed by atoms with van der Waals surface area (Å²) in [7, 11) is -3.24. The van der Waals surface area contributed by atoms with Crippen molar-refractivity contribution in [2.75, 3.05) is 5.75 Å². The van der Waals surface area contributed by atoms with Gasteiger partial charge in [-0.25, -0.2) is 8.42 Å². The number of benzene rings is 1. The lowest BCUT2D eigenvalue weighted by molar-refractivity contribution is -0.132. The number of amides is 1. The minimum atomic E-state index is -3.24. The molecule has 2 aliphatic rings. The number of fused-ring (bicyclic) bond motifs is 1. The van der Waals surface area contributed by atoms with Crippen molar-refractivity contribution in [1.82, 2.24) is 9.88 Å². The van der Waals surface area contributed by atoms with Crippen LogP contribution in [0.1, 0.15) is 35.1 Å². The molecule has 2 aromatic rings. The molecule has 0 N–H and O–H groups in total. The van der Waals surface area contributed by atoms with Crippen LogP contribution in [0.15, 0.2) is 54.2 Å². The molecule has 1 aliphatic heterocycles. The fourth-order valence-electron chi connectivity index (χ4n) is 4.00. The first-order chi connectivity index (χ1) is 13.5. The summed E-state index contributed by atoms with van der Waals surface area (Å²) in [5, 5.41) is 1.23. The van der Waals surface area contributed by atoms with Crippen LogP contribution in [-0.4, -0.2) is 36.0 Å². The SMILES string of the molecule is O=C(Cc1ccc2c(c1)CCCC2)N(Cc1ccncc1)C1C=CS(=O)(=O)C1. The van der Waals surface area contributed by atoms with Crippen LogP contribution in [0.25, 0.3) is 0 Å². The highest BCUT2D eigenvalue weighted by atomic mass is 32.2. The average Bonchev–Trinajstić information content (AvgIpc) is 3.06. The quantitative estimate of drug-likeness (QED) is 0.779. The molecule has 0 spiro atoms. The monoisotopic (exact) mass is 396 g/mol. The molecule has 6 heteroatoms. The number of carbonyl (C=O) groups excluding carboxylic acids is 1. The van der Waals surface area contributed by atoms with E-state index in [9.17, 15) is 13.2 Å². The van der Waals surface area contributed by atoms with Crippen molar-refractivity contribution in [2.45, 2.75) is 44.7 Å². The molecule has 1 aliphatic carbocycles. The van der Waals surface area contributed by atoms with E-state index in [2.05, 4.69) is 17.1 Å². The Morgan fingerprint density at radius 3 is 2.50 bits per heavy atom. The van der Waals surface area contributed by atoms with Gasteiger partial charge >= 0.3 is 0 Å². The Labute approximate surface area is 166 Å². The number of pyridine rings is 1. The van der Waals surface area contributed by atoms with Crippen LogP contribution in [0.4, 0.5) is 0 Å². The smallest absolute Gasteiger partial charge is 0.227 e. The van der Waals surface area contributed by atoms with E-state index in [-0.39, 0.29) is 18.1 Å². The Morgan fingerprint density at radius 1 is 1.04 bits per heavy atom. The van der Waals surface area contributed by atoms with Crippen molar-refractivity contribution in [3.05, 3.63) is 76.5 Å². The van der Waals surface area contributed by atoms with Crippen LogP contribution >= 0.6 is 0 Å². The van der Waals surface area contributed by atoms with Gasteiger partial charge < -0.3 is 4.90 Å². The highest BCUT2D eigenvalue weighted by Gasteiger charge is 2.30. The van der Waals surface area contributed by atoms with E-state index >= 15 is 0 Å². The summed E-state index contributed by atoms with van der Waals surface area (Å²) in [6.45, 7) is 0.372. The van der Waals surface area contributed by atoms with E-state index in [1.807, 2.05) is 18.2 Å². The maximum Gasteiger partial charge on any atom is 0.227 e. The molecule has 4 rings (SSSR count). The van der Waals surface area contributed by atoms with Gasteiger partial charge in [0.05, 0.1) is 18.2 Å². The summed E-state index contributed by atoms with van der Waals surface area (Å²) < 4.78 is 23.8. The largest absolute Gasteiger partial charge is 0.331 e. The average molecular weight is 397 g/mol. The van der Waals surface area contributed by atoms with Gasteiger partial charge in [0, 0.05) is 24.3 Å². The number of carbonyl (C=O) groups is 1. The van der Waals surface area contributed by atoms with Gasteiger partial charge in [0.1, 0.15) is 0 Å². The molecule has 0 radical (unpaired) electrons. The van der Waals surface area contributed by atoms with E-state index in [4.69, 9.17) is 0 Å². The lowest BCUT2D eigenvalue weighted by atomic mass is 9.90. The molecular weight excluding hydrogens is 372 g/mol. The molecule has 0 saturated carbocycles. The molecule has 146 valence electrons. The topological polar surface area (TPSA) is 67.3 Å². The van der Waals surface area contributed by atoms with Crippen LogP contribution in [0.2, 0.25) is 0 Å². The van der Waals surface area contributed by atoms with Gasteiger partial charge in [-0.05, 0) is 66.1 Å². The van der Waals surface area contributed by atoms with Crippen LogP contribution in [0.3, 0.4) is 0 Å². The molecule has 28 heavy (non-hydrogen) atoms. The Balaban J connectivity index is 1.55. The zero-order valence-corrected chi connectivity index (χ0v) is 16.6. The first-order valence-electron chi connectivity index (χ1n) is 9.70. The Hall–Kier alpha value is -2.47. The molecule has 1 aromatic carbocycles. The lowest BCUT2D eigenvalue weighted by Gasteiger charge is -2.28. The molecule has 0 bridgehead atoms. The van der Waals surface area contributed by atoms with Gasteiger partial charge in [0.25, 0.3) is 0 Å². The number of aromatic nitrogens is 1. The van der Waals surface area contributed by atoms with Crippen molar-refractivity contribution >= 4 is 15.7 Å². The predicted octanol–water partition coefficient (Wildman–Crippen LogP) is 2.84. The summed E-state index contributed by atoms with van der Waals surface area (Å²) in [5.41, 5.74) is 4.67. The van der Waals surface area contributed by atoms with E-state index in [1.54, 1.807) is 23.4 Å². The third kappa shape index (κ3) is 4.33. The number of hydrogen-bond donors (Lipinski definition) is 0. The molecular formula is C22H24N2O3S. The molecule has 1 amide bonds. The number of sulfone groups is 1. The summed E-state index contributed by atoms with van der Waals surface area (Å²) >= 11 is 0. The standard InChI is InChI=1S/C22H24N2O3S/c25-22(14-18-5-6-19-3-1-2-4-20(19)13-18)24(15-17-7-10-23-11-8-17)21-9-12-28(26,27)16-21/h5-13,21H,1-4,14-16H2. The minimum Gasteiger partial charge on any atom is -0.331 e. The molecule has 1 atom stereocenters. The van der Waals surface area contributed by atoms with Crippen molar-refractivity contribution < 1.29 is 13.2 Å². The van der Waals surface area contributed by atoms with Gasteiger partial charge in [0.2, 0.25) is 5.91 Å². The van der Waals surface area contributed by atoms with Gasteiger partial charge in [-0.15, -0.1) is 0 Å². The summed E-state index contributed by atoms with van der Waals surface area (Å²) in [5.74, 6) is -0.104. The molecule has 1 unspecified atom stereocenters. The van der Waals surface area contributed by atoms with E-state index in [1.165, 1.54) is 29.4 Å². The normalized spacial score (nSPS) is 19.9. The van der Waals surface area contributed by atoms with Gasteiger partial charge in [-0.2, -0.15) is 0 Å². The molecule has 0 fully saturated rings. The highest BCUT2D eigenvalue weighted by Crippen LogP contribution is 2.24. The molecule has 2 heterocycles. The van der Waals surface area contributed by atoms with E-state index < -0.39 is 15.9 Å². The van der Waals surface area contributed by atoms with Crippen LogP contribution in [0.5, 0.6) is 0 Å². The summed E-state index contributed by atoms with van der Waals surface area (Å²) in [4.78, 5) is 18.9. The van der Waals surface area contributed by atoms with Gasteiger partial charge in [0.15, 0.2) is 9.84 Å². The third-order valence-electron chi connectivity index (χ3n) is 5.50. The summed E-state index contributed by atoms with van der Waals surface area (Å²) in [6, 6.07) is 9.61. The van der Waals surface area contributed by atoms with Gasteiger partial charge in [-0.1, -0.05) is 18.2 Å². The Morgan fingerprint density at radius 2 is 1.79 bits per heavy atom. The first-order valence-corrected chi connectivity index (χ1v) is 11.4. The molecule has 5 nitrogen and oxygen atoms in total. The number of aryl methyl sites for hydroxylation is 2. The lowest BCUT2D eigenvalue weighted by Crippen LogP contribution is -2.41. The zero-order valence-electron chi connectivity index (χ0n) is 15.8. The summed E-state index contributed by atoms with van der Waals surface area (Å²) in [6.07, 6.45) is 9.89. The van der Waals surface area contributed by atoms with Crippen LogP contribution in [0, 0.1) is 0 Å². The second kappa shape index (κ2) is 7.87. The molecule has 1 aromatic heterocycles. The minimum absolute atomic E-state index is 0.0476. The number of rotatable bonds is 5. The highest BCUT2D eigenvalue weighted by molar-refractivity contribution is 7.94. The van der Waals surface area contributed by atoms with Crippen molar-refractivity contribution in [2.24, 2.45) is 0 Å². The fourth-order valence-corrected chi connectivity index (χ4v) is 5.30. The van der Waals surface area contributed by atoms with Crippen molar-refractivity contribution in [3.8, 4) is 0 Å². The zero-order chi connectivity index (χ0) is 19.6. The maximum atomic E-state index is 13.2. The van der Waals surface area contributed by atoms with Crippen LogP contribution in [-0.2, 0) is 40.4 Å². The van der Waals surface area contributed by atoms with Crippen molar-refractivity contribution in [1.29, 1.82) is 0 Å². The van der Waals surface area contributed by atoms with E-state index in [0.717, 1.165) is 24.0 Å². The number of nitrogens with zero attached hydrogens (tertiary/aromatic N) is 2. The number of hydrogen-bond acceptors (Lipinski definition) is 4. The second-order valence-corrected chi connectivity index (χ2v) is 9.52. The Bertz CT molecular complexity index is 1000. The van der Waals surface area contributed by atoms with E-state index in [0.29, 0.717) is 6.54 Å². The van der Waals surface area contributed by atoms with Crippen molar-refractivity contribution in [3.63, 3.8) is 0 Å². The fraction of sp³-hybridized carbons (Fsp3) is 0.364. The van der Waals surface area contributed by atoms with Gasteiger partial charge in [-0.3, -0.25) is 9.78 Å².